The number of carbonyl (C=O) groups is 2. The van der Waals surface area contributed by atoms with Crippen molar-refractivity contribution >= 4 is 27.5 Å². The molecule has 3 rings (SSSR count). The first-order valence-electron chi connectivity index (χ1n) is 13.9. The molecule has 3 aromatic rings. The summed E-state index contributed by atoms with van der Waals surface area (Å²) in [5, 5.41) is 3.04. The maximum atomic E-state index is 14.2. The molecule has 0 saturated carbocycles. The predicted molar refractivity (Wildman–Crippen MR) is 163 cm³/mol. The van der Waals surface area contributed by atoms with E-state index < -0.39 is 28.5 Å². The molecule has 1 N–H and O–H groups in total. The first kappa shape index (κ1) is 31.7. The maximum absolute atomic E-state index is 14.2. The largest absolute Gasteiger partial charge is 0.492 e. The lowest BCUT2D eigenvalue weighted by Gasteiger charge is -2.34. The van der Waals surface area contributed by atoms with Crippen LogP contribution in [-0.2, 0) is 32.6 Å². The Morgan fingerprint density at radius 1 is 0.902 bits per heavy atom. The zero-order valence-electron chi connectivity index (χ0n) is 24.5. The quantitative estimate of drug-likeness (QED) is 0.298. The zero-order chi connectivity index (χ0) is 30.0. The summed E-state index contributed by atoms with van der Waals surface area (Å²) >= 11 is 0. The smallest absolute Gasteiger partial charge is 0.244 e. The number of amides is 2. The summed E-state index contributed by atoms with van der Waals surface area (Å²) in [6, 6.07) is 23.0. The Bertz CT molecular complexity index is 1390. The van der Waals surface area contributed by atoms with Gasteiger partial charge in [-0.3, -0.25) is 13.9 Å². The molecule has 41 heavy (non-hydrogen) atoms. The number of nitrogens with one attached hydrogen (secondary N) is 1. The Kier molecular flexibility index (Phi) is 11.3. The molecular formula is C32H41N3O5S. The zero-order valence-corrected chi connectivity index (χ0v) is 25.4. The normalized spacial score (nSPS) is 12.7. The van der Waals surface area contributed by atoms with Gasteiger partial charge in [-0.25, -0.2) is 8.42 Å². The van der Waals surface area contributed by atoms with Crippen LogP contribution in [0.15, 0.2) is 78.9 Å². The standard InChI is InChI=1S/C32H41N3O5S/c1-6-25(4)33-32(37)29(21-26-13-9-8-10-14-26)34(22-27-19-17-24(3)18-20-27)31(36)23-35(41(5,38)39)28-15-11-12-16-30(28)40-7-2/h8-20,25,29H,6-7,21-23H2,1-5H3,(H,33,37)/t25-,29-/m0/s1. The van der Waals surface area contributed by atoms with Crippen molar-refractivity contribution in [2.24, 2.45) is 0 Å². The van der Waals surface area contributed by atoms with Gasteiger partial charge >= 0.3 is 0 Å². The average molecular weight is 580 g/mol. The van der Waals surface area contributed by atoms with E-state index in [1.165, 1.54) is 4.90 Å². The molecule has 9 heteroatoms. The van der Waals surface area contributed by atoms with Gasteiger partial charge in [-0.2, -0.15) is 0 Å². The monoisotopic (exact) mass is 579 g/mol. The third-order valence-electron chi connectivity index (χ3n) is 6.86. The van der Waals surface area contributed by atoms with Crippen LogP contribution in [0.2, 0.25) is 0 Å². The van der Waals surface area contributed by atoms with Crippen molar-refractivity contribution in [3.63, 3.8) is 0 Å². The topological polar surface area (TPSA) is 96.0 Å². The molecule has 0 aliphatic heterocycles. The van der Waals surface area contributed by atoms with Crippen LogP contribution in [0.5, 0.6) is 5.75 Å². The summed E-state index contributed by atoms with van der Waals surface area (Å²) in [7, 11) is -3.89. The Labute approximate surface area is 244 Å². The average Bonchev–Trinajstić information content (AvgIpc) is 2.95. The number of aryl methyl sites for hydroxylation is 1. The fourth-order valence-electron chi connectivity index (χ4n) is 4.42. The molecule has 0 spiro atoms. The Hall–Kier alpha value is -3.85. The number of ether oxygens (including phenoxy) is 1. The summed E-state index contributed by atoms with van der Waals surface area (Å²) in [6.45, 7) is 7.65. The lowest BCUT2D eigenvalue weighted by atomic mass is 10.0. The van der Waals surface area contributed by atoms with Gasteiger partial charge in [0.05, 0.1) is 18.6 Å². The number of benzene rings is 3. The van der Waals surface area contributed by atoms with Crippen LogP contribution in [0, 0.1) is 6.92 Å². The van der Waals surface area contributed by atoms with Crippen molar-refractivity contribution in [1.29, 1.82) is 0 Å². The number of nitrogens with zero attached hydrogens (tertiary/aromatic N) is 2. The SMILES string of the molecule is CCOc1ccccc1N(CC(=O)N(Cc1ccc(C)cc1)[C@@H](Cc1ccccc1)C(=O)N[C@@H](C)CC)S(C)(=O)=O. The van der Waals surface area contributed by atoms with Crippen LogP contribution in [0.4, 0.5) is 5.69 Å². The third-order valence-corrected chi connectivity index (χ3v) is 7.99. The molecule has 0 aliphatic rings. The molecule has 220 valence electrons. The molecule has 2 atom stereocenters. The van der Waals surface area contributed by atoms with E-state index in [0.717, 1.165) is 33.7 Å². The van der Waals surface area contributed by atoms with Gasteiger partial charge in [0.25, 0.3) is 0 Å². The molecule has 0 heterocycles. The lowest BCUT2D eigenvalue weighted by Crippen LogP contribution is -2.54. The van der Waals surface area contributed by atoms with E-state index >= 15 is 0 Å². The summed E-state index contributed by atoms with van der Waals surface area (Å²) < 4.78 is 32.8. The second-order valence-corrected chi connectivity index (χ2v) is 12.1. The fourth-order valence-corrected chi connectivity index (χ4v) is 5.27. The number of anilines is 1. The van der Waals surface area contributed by atoms with Crippen LogP contribution in [0.3, 0.4) is 0 Å². The molecule has 0 bridgehead atoms. The molecule has 3 aromatic carbocycles. The maximum Gasteiger partial charge on any atom is 0.244 e. The van der Waals surface area contributed by atoms with Gasteiger partial charge < -0.3 is 15.0 Å². The van der Waals surface area contributed by atoms with E-state index in [2.05, 4.69) is 5.32 Å². The van der Waals surface area contributed by atoms with E-state index in [9.17, 15) is 18.0 Å². The Morgan fingerprint density at radius 2 is 1.54 bits per heavy atom. The van der Waals surface area contributed by atoms with Crippen molar-refractivity contribution in [3.8, 4) is 5.75 Å². The van der Waals surface area contributed by atoms with E-state index in [1.54, 1.807) is 31.2 Å². The van der Waals surface area contributed by atoms with Crippen LogP contribution < -0.4 is 14.4 Å². The first-order valence-corrected chi connectivity index (χ1v) is 15.8. The third kappa shape index (κ3) is 9.08. The number of para-hydroxylation sites is 2. The van der Waals surface area contributed by atoms with E-state index in [0.29, 0.717) is 12.4 Å². The molecule has 0 fully saturated rings. The van der Waals surface area contributed by atoms with E-state index in [-0.39, 0.29) is 30.6 Å². The van der Waals surface area contributed by atoms with E-state index in [1.807, 2.05) is 75.4 Å². The molecular weight excluding hydrogens is 538 g/mol. The predicted octanol–water partition coefficient (Wildman–Crippen LogP) is 4.71. The van der Waals surface area contributed by atoms with Gasteiger partial charge in [0.15, 0.2) is 0 Å². The first-order chi connectivity index (χ1) is 19.5. The number of hydrogen-bond donors (Lipinski definition) is 1. The molecule has 0 saturated heterocycles. The van der Waals surface area contributed by atoms with Gasteiger partial charge in [0, 0.05) is 19.0 Å². The Balaban J connectivity index is 2.08. The highest BCUT2D eigenvalue weighted by molar-refractivity contribution is 7.92. The van der Waals surface area contributed by atoms with Crippen LogP contribution >= 0.6 is 0 Å². The summed E-state index contributed by atoms with van der Waals surface area (Å²) in [5.74, 6) is -0.430. The highest BCUT2D eigenvalue weighted by atomic mass is 32.2. The minimum atomic E-state index is -3.89. The molecule has 0 radical (unpaired) electrons. The molecule has 0 aliphatic carbocycles. The van der Waals surface area contributed by atoms with Gasteiger partial charge in [-0.1, -0.05) is 79.2 Å². The van der Waals surface area contributed by atoms with Crippen molar-refractivity contribution in [1.82, 2.24) is 10.2 Å². The highest BCUT2D eigenvalue weighted by Gasteiger charge is 2.34. The molecule has 0 unspecified atom stereocenters. The number of sulfonamides is 1. The fraction of sp³-hybridized carbons (Fsp3) is 0.375. The molecule has 8 nitrogen and oxygen atoms in total. The van der Waals surface area contributed by atoms with Crippen molar-refractivity contribution in [3.05, 3.63) is 95.6 Å². The second kappa shape index (κ2) is 14.7. The van der Waals surface area contributed by atoms with Gasteiger partial charge in [0.2, 0.25) is 21.8 Å². The van der Waals surface area contributed by atoms with Crippen LogP contribution in [0.25, 0.3) is 0 Å². The van der Waals surface area contributed by atoms with E-state index in [4.69, 9.17) is 4.74 Å². The van der Waals surface area contributed by atoms with Crippen molar-refractivity contribution in [2.45, 2.75) is 59.2 Å². The van der Waals surface area contributed by atoms with Gasteiger partial charge in [-0.05, 0) is 50.5 Å². The van der Waals surface area contributed by atoms with Crippen molar-refractivity contribution < 1.29 is 22.7 Å². The summed E-state index contributed by atoms with van der Waals surface area (Å²) in [5.41, 5.74) is 3.06. The molecule has 0 aromatic heterocycles. The second-order valence-electron chi connectivity index (χ2n) is 10.2. The van der Waals surface area contributed by atoms with Crippen LogP contribution in [0.1, 0.15) is 43.9 Å². The minimum absolute atomic E-state index is 0.0947. The lowest BCUT2D eigenvalue weighted by molar-refractivity contribution is -0.140. The minimum Gasteiger partial charge on any atom is -0.492 e. The van der Waals surface area contributed by atoms with Gasteiger partial charge in [0.1, 0.15) is 18.3 Å². The Morgan fingerprint density at radius 3 is 2.15 bits per heavy atom. The highest BCUT2D eigenvalue weighted by Crippen LogP contribution is 2.30. The van der Waals surface area contributed by atoms with Crippen molar-refractivity contribution in [2.75, 3.05) is 23.7 Å². The summed E-state index contributed by atoms with van der Waals surface area (Å²) in [6.07, 6.45) is 2.06. The number of hydrogen-bond acceptors (Lipinski definition) is 5. The van der Waals surface area contributed by atoms with Crippen LogP contribution in [-0.4, -0.2) is 56.6 Å². The number of carbonyl (C=O) groups excluding carboxylic acids is 2. The molecule has 2 amide bonds. The van der Waals surface area contributed by atoms with Gasteiger partial charge in [-0.15, -0.1) is 0 Å². The summed E-state index contributed by atoms with van der Waals surface area (Å²) in [4.78, 5) is 29.4. The number of rotatable bonds is 14.